The van der Waals surface area contributed by atoms with Gasteiger partial charge in [0.05, 0.1) is 13.7 Å². The highest BCUT2D eigenvalue weighted by Crippen LogP contribution is 2.25. The van der Waals surface area contributed by atoms with Gasteiger partial charge in [0.1, 0.15) is 5.69 Å². The number of hydrogen-bond donors (Lipinski definition) is 1. The van der Waals surface area contributed by atoms with Gasteiger partial charge in [0.15, 0.2) is 0 Å². The number of benzene rings is 1. The van der Waals surface area contributed by atoms with Crippen LogP contribution in [0.1, 0.15) is 39.7 Å². The molecule has 0 unspecified atom stereocenters. The lowest BCUT2D eigenvalue weighted by molar-refractivity contribution is -0.117. The molecule has 1 aliphatic heterocycles. The SMILES string of the molecule is COC(=O)c1cccn1C1CCN(CC(=O)Nc2cccc(C(=O)N(C)C)c2)CC1. The Morgan fingerprint density at radius 2 is 1.87 bits per heavy atom. The molecule has 0 bridgehead atoms. The van der Waals surface area contributed by atoms with E-state index in [9.17, 15) is 14.4 Å². The van der Waals surface area contributed by atoms with E-state index in [-0.39, 0.29) is 30.4 Å². The summed E-state index contributed by atoms with van der Waals surface area (Å²) in [6.45, 7) is 1.81. The first-order valence-corrected chi connectivity index (χ1v) is 9.98. The van der Waals surface area contributed by atoms with Gasteiger partial charge in [-0.15, -0.1) is 0 Å². The van der Waals surface area contributed by atoms with Crippen molar-refractivity contribution in [3.63, 3.8) is 0 Å². The van der Waals surface area contributed by atoms with Crippen LogP contribution in [0.4, 0.5) is 5.69 Å². The van der Waals surface area contributed by atoms with Gasteiger partial charge in [0, 0.05) is 50.7 Å². The van der Waals surface area contributed by atoms with E-state index in [2.05, 4.69) is 10.2 Å². The molecule has 2 aromatic rings. The molecule has 1 N–H and O–H groups in total. The number of anilines is 1. The summed E-state index contributed by atoms with van der Waals surface area (Å²) >= 11 is 0. The molecule has 1 aliphatic rings. The lowest BCUT2D eigenvalue weighted by Crippen LogP contribution is -2.40. The van der Waals surface area contributed by atoms with Crippen LogP contribution in [-0.2, 0) is 9.53 Å². The fourth-order valence-corrected chi connectivity index (χ4v) is 3.74. The lowest BCUT2D eigenvalue weighted by Gasteiger charge is -2.32. The first kappa shape index (κ1) is 21.6. The summed E-state index contributed by atoms with van der Waals surface area (Å²) in [6, 6.07) is 10.8. The molecule has 3 rings (SSSR count). The zero-order valence-electron chi connectivity index (χ0n) is 17.6. The van der Waals surface area contributed by atoms with Crippen LogP contribution in [-0.4, -0.2) is 73.0 Å². The number of carbonyl (C=O) groups is 3. The minimum atomic E-state index is -0.336. The van der Waals surface area contributed by atoms with Gasteiger partial charge in [-0.2, -0.15) is 0 Å². The molecule has 1 aromatic heterocycles. The fourth-order valence-electron chi connectivity index (χ4n) is 3.74. The first-order valence-electron chi connectivity index (χ1n) is 9.98. The Labute approximate surface area is 176 Å². The summed E-state index contributed by atoms with van der Waals surface area (Å²) in [5, 5.41) is 2.88. The highest BCUT2D eigenvalue weighted by molar-refractivity contribution is 5.97. The number of carbonyl (C=O) groups excluding carboxylic acids is 3. The van der Waals surface area contributed by atoms with Crippen molar-refractivity contribution < 1.29 is 19.1 Å². The third kappa shape index (κ3) is 5.07. The summed E-state index contributed by atoms with van der Waals surface area (Å²) in [5.74, 6) is -0.555. The highest BCUT2D eigenvalue weighted by Gasteiger charge is 2.24. The Hall–Kier alpha value is -3.13. The van der Waals surface area contributed by atoms with Gasteiger partial charge < -0.3 is 19.5 Å². The van der Waals surface area contributed by atoms with Crippen molar-refractivity contribution in [2.75, 3.05) is 46.2 Å². The van der Waals surface area contributed by atoms with Crippen molar-refractivity contribution in [2.45, 2.75) is 18.9 Å². The molecule has 30 heavy (non-hydrogen) atoms. The van der Waals surface area contributed by atoms with Gasteiger partial charge in [-0.3, -0.25) is 14.5 Å². The Morgan fingerprint density at radius 3 is 2.53 bits per heavy atom. The normalized spacial score (nSPS) is 14.9. The topological polar surface area (TPSA) is 83.9 Å². The smallest absolute Gasteiger partial charge is 0.354 e. The number of methoxy groups -OCH3 is 1. The average molecular weight is 412 g/mol. The van der Waals surface area contributed by atoms with Gasteiger partial charge in [-0.1, -0.05) is 6.07 Å². The fraction of sp³-hybridized carbons (Fsp3) is 0.409. The molecular formula is C22H28N4O4. The number of esters is 1. The number of rotatable bonds is 6. The van der Waals surface area contributed by atoms with E-state index in [1.807, 2.05) is 16.8 Å². The molecular weight excluding hydrogens is 384 g/mol. The zero-order valence-corrected chi connectivity index (χ0v) is 17.6. The van der Waals surface area contributed by atoms with Gasteiger partial charge in [-0.05, 0) is 43.2 Å². The molecule has 0 atom stereocenters. The van der Waals surface area contributed by atoms with Crippen molar-refractivity contribution in [1.29, 1.82) is 0 Å². The summed E-state index contributed by atoms with van der Waals surface area (Å²) in [6.07, 6.45) is 3.60. The maximum atomic E-state index is 12.5. The van der Waals surface area contributed by atoms with E-state index in [1.165, 1.54) is 12.0 Å². The molecule has 8 heteroatoms. The lowest BCUT2D eigenvalue weighted by atomic mass is 10.0. The quantitative estimate of drug-likeness (QED) is 0.736. The molecule has 160 valence electrons. The molecule has 0 spiro atoms. The van der Waals surface area contributed by atoms with Crippen LogP contribution >= 0.6 is 0 Å². The maximum absolute atomic E-state index is 12.5. The first-order chi connectivity index (χ1) is 14.4. The van der Waals surface area contributed by atoms with Gasteiger partial charge in [0.2, 0.25) is 5.91 Å². The number of aromatic nitrogens is 1. The monoisotopic (exact) mass is 412 g/mol. The second-order valence-electron chi connectivity index (χ2n) is 7.63. The molecule has 2 amide bonds. The van der Waals surface area contributed by atoms with Crippen molar-refractivity contribution in [2.24, 2.45) is 0 Å². The van der Waals surface area contributed by atoms with Crippen molar-refractivity contribution in [1.82, 2.24) is 14.4 Å². The van der Waals surface area contributed by atoms with E-state index < -0.39 is 0 Å². The summed E-state index contributed by atoms with van der Waals surface area (Å²) in [5.41, 5.74) is 1.70. The summed E-state index contributed by atoms with van der Waals surface area (Å²) < 4.78 is 6.81. The second kappa shape index (κ2) is 9.58. The Kier molecular flexibility index (Phi) is 6.89. The molecule has 1 fully saturated rings. The van der Waals surface area contributed by atoms with E-state index >= 15 is 0 Å². The Balaban J connectivity index is 1.53. The number of likely N-dealkylation sites (tertiary alicyclic amines) is 1. The molecule has 0 radical (unpaired) electrons. The zero-order chi connectivity index (χ0) is 21.7. The Morgan fingerprint density at radius 1 is 1.13 bits per heavy atom. The number of hydrogen-bond acceptors (Lipinski definition) is 5. The van der Waals surface area contributed by atoms with Crippen LogP contribution in [0.15, 0.2) is 42.6 Å². The van der Waals surface area contributed by atoms with Crippen LogP contribution in [0, 0.1) is 0 Å². The second-order valence-corrected chi connectivity index (χ2v) is 7.63. The standard InChI is InChI=1S/C22H28N4O4/c1-24(2)21(28)16-6-4-7-17(14-16)23-20(27)15-25-12-9-18(10-13-25)26-11-5-8-19(26)22(29)30-3/h4-8,11,14,18H,9-10,12-13,15H2,1-3H3,(H,23,27). The predicted molar refractivity (Wildman–Crippen MR) is 114 cm³/mol. The van der Waals surface area contributed by atoms with Gasteiger partial charge in [0.25, 0.3) is 5.91 Å². The van der Waals surface area contributed by atoms with E-state index in [0.717, 1.165) is 25.9 Å². The molecule has 1 aromatic carbocycles. The number of piperidine rings is 1. The number of nitrogens with one attached hydrogen (secondary N) is 1. The maximum Gasteiger partial charge on any atom is 0.354 e. The van der Waals surface area contributed by atoms with Gasteiger partial charge in [-0.25, -0.2) is 4.79 Å². The van der Waals surface area contributed by atoms with Crippen LogP contribution in [0.25, 0.3) is 0 Å². The molecule has 1 saturated heterocycles. The van der Waals surface area contributed by atoms with Crippen LogP contribution < -0.4 is 5.32 Å². The average Bonchev–Trinajstić information content (AvgIpc) is 3.23. The predicted octanol–water partition coefficient (Wildman–Crippen LogP) is 2.25. The third-order valence-corrected chi connectivity index (χ3v) is 5.29. The largest absolute Gasteiger partial charge is 0.464 e. The molecule has 0 aliphatic carbocycles. The van der Waals surface area contributed by atoms with Crippen LogP contribution in [0.2, 0.25) is 0 Å². The molecule has 0 saturated carbocycles. The van der Waals surface area contributed by atoms with E-state index in [0.29, 0.717) is 16.9 Å². The van der Waals surface area contributed by atoms with Crippen LogP contribution in [0.3, 0.4) is 0 Å². The summed E-state index contributed by atoms with van der Waals surface area (Å²) in [4.78, 5) is 40.1. The van der Waals surface area contributed by atoms with Crippen molar-refractivity contribution in [3.8, 4) is 0 Å². The Bertz CT molecular complexity index is 913. The minimum absolute atomic E-state index is 0.107. The van der Waals surface area contributed by atoms with E-state index in [4.69, 9.17) is 4.74 Å². The number of amides is 2. The van der Waals surface area contributed by atoms with Crippen LogP contribution in [0.5, 0.6) is 0 Å². The third-order valence-electron chi connectivity index (χ3n) is 5.29. The number of ether oxygens (including phenoxy) is 1. The summed E-state index contributed by atoms with van der Waals surface area (Å²) in [7, 11) is 4.77. The number of nitrogens with zero attached hydrogens (tertiary/aromatic N) is 3. The van der Waals surface area contributed by atoms with E-state index in [1.54, 1.807) is 44.4 Å². The van der Waals surface area contributed by atoms with Crippen molar-refractivity contribution in [3.05, 3.63) is 53.9 Å². The highest BCUT2D eigenvalue weighted by atomic mass is 16.5. The van der Waals surface area contributed by atoms with Gasteiger partial charge >= 0.3 is 5.97 Å². The minimum Gasteiger partial charge on any atom is -0.464 e. The van der Waals surface area contributed by atoms with Crippen molar-refractivity contribution >= 4 is 23.5 Å². The molecule has 2 heterocycles. The molecule has 8 nitrogen and oxygen atoms in total.